The summed E-state index contributed by atoms with van der Waals surface area (Å²) >= 11 is 0. The second kappa shape index (κ2) is 5.73. The molecule has 20 heavy (non-hydrogen) atoms. The van der Waals surface area contributed by atoms with Gasteiger partial charge in [-0.15, -0.1) is 0 Å². The highest BCUT2D eigenvalue weighted by atomic mass is 16.6. The first-order valence-electron chi connectivity index (χ1n) is 6.22. The molecule has 2 rings (SSSR count). The van der Waals surface area contributed by atoms with Crippen LogP contribution in [-0.2, 0) is 19.1 Å². The van der Waals surface area contributed by atoms with Crippen molar-refractivity contribution in [2.75, 3.05) is 0 Å². The van der Waals surface area contributed by atoms with Gasteiger partial charge in [-0.05, 0) is 19.1 Å². The van der Waals surface area contributed by atoms with Gasteiger partial charge in [-0.1, -0.05) is 18.2 Å². The first-order chi connectivity index (χ1) is 9.49. The summed E-state index contributed by atoms with van der Waals surface area (Å²) in [7, 11) is 0. The number of benzene rings is 1. The number of nitrogens with one attached hydrogen (secondary N) is 1. The van der Waals surface area contributed by atoms with Crippen LogP contribution in [0.15, 0.2) is 30.3 Å². The summed E-state index contributed by atoms with van der Waals surface area (Å²) in [5.74, 6) is -1.99. The van der Waals surface area contributed by atoms with Crippen LogP contribution in [0.2, 0.25) is 0 Å². The Kier molecular flexibility index (Phi) is 4.02. The van der Waals surface area contributed by atoms with Crippen LogP contribution in [-0.4, -0.2) is 30.2 Å². The van der Waals surface area contributed by atoms with E-state index in [4.69, 9.17) is 9.47 Å². The Morgan fingerprint density at radius 3 is 2.45 bits per heavy atom. The quantitative estimate of drug-likeness (QED) is 0.652. The van der Waals surface area contributed by atoms with Gasteiger partial charge >= 0.3 is 11.9 Å². The van der Waals surface area contributed by atoms with Crippen LogP contribution < -0.4 is 5.32 Å². The second-order valence-electron chi connectivity index (χ2n) is 4.54. The smallest absolute Gasteiger partial charge is 0.338 e. The number of carbonyl (C=O) groups excluding carboxylic acids is 3. The Balaban J connectivity index is 1.97. The van der Waals surface area contributed by atoms with Gasteiger partial charge in [0.05, 0.1) is 5.56 Å². The van der Waals surface area contributed by atoms with E-state index in [9.17, 15) is 14.4 Å². The molecular formula is C14H15NO5. The monoisotopic (exact) mass is 277 g/mol. The molecule has 1 N–H and O–H groups in total. The van der Waals surface area contributed by atoms with Crippen LogP contribution in [0.3, 0.4) is 0 Å². The topological polar surface area (TPSA) is 81.7 Å². The number of hydrogen-bond donors (Lipinski definition) is 1. The molecule has 0 bridgehead atoms. The van der Waals surface area contributed by atoms with Gasteiger partial charge < -0.3 is 14.8 Å². The normalized spacial score (nSPS) is 22.2. The van der Waals surface area contributed by atoms with E-state index in [0.717, 1.165) is 0 Å². The number of hydrogen-bond acceptors (Lipinski definition) is 5. The SMILES string of the molecule is CC(=O)O[C@H]1NC(=O)[C@H]1[C@H](C)OC(=O)c1ccccc1. The lowest BCUT2D eigenvalue weighted by Crippen LogP contribution is -2.63. The fourth-order valence-electron chi connectivity index (χ4n) is 1.99. The molecule has 0 spiro atoms. The van der Waals surface area contributed by atoms with E-state index in [1.165, 1.54) is 6.92 Å². The largest absolute Gasteiger partial charge is 0.458 e. The number of β-lactam (4-membered cyclic amide) rings is 1. The maximum absolute atomic E-state index is 11.9. The third-order valence-electron chi connectivity index (χ3n) is 3.01. The number of carbonyl (C=O) groups is 3. The Morgan fingerprint density at radius 1 is 1.25 bits per heavy atom. The first kappa shape index (κ1) is 14.0. The predicted octanol–water partition coefficient (Wildman–Crippen LogP) is 0.867. The molecule has 1 fully saturated rings. The molecule has 3 atom stereocenters. The molecule has 1 aromatic carbocycles. The molecule has 6 nitrogen and oxygen atoms in total. The summed E-state index contributed by atoms with van der Waals surface area (Å²) in [6.07, 6.45) is -1.42. The minimum absolute atomic E-state index is 0.301. The standard InChI is InChI=1S/C14H15NO5/c1-8(11-12(17)15-13(11)20-9(2)16)19-14(18)10-6-4-3-5-7-10/h3-8,11,13H,1-2H3,(H,15,17)/t8-,11+,13+/m0/s1. The van der Waals surface area contributed by atoms with Gasteiger partial charge in [-0.3, -0.25) is 9.59 Å². The molecule has 0 radical (unpaired) electrons. The Morgan fingerprint density at radius 2 is 1.90 bits per heavy atom. The lowest BCUT2D eigenvalue weighted by Gasteiger charge is -2.38. The van der Waals surface area contributed by atoms with Crippen LogP contribution >= 0.6 is 0 Å². The summed E-state index contributed by atoms with van der Waals surface area (Å²) < 4.78 is 10.1. The van der Waals surface area contributed by atoms with Gasteiger partial charge in [0.1, 0.15) is 12.0 Å². The predicted molar refractivity (Wildman–Crippen MR) is 68.5 cm³/mol. The van der Waals surface area contributed by atoms with Crippen molar-refractivity contribution in [2.24, 2.45) is 5.92 Å². The van der Waals surface area contributed by atoms with Crippen molar-refractivity contribution >= 4 is 17.8 Å². The van der Waals surface area contributed by atoms with E-state index < -0.39 is 30.2 Å². The van der Waals surface area contributed by atoms with Crippen molar-refractivity contribution in [1.29, 1.82) is 0 Å². The Bertz CT molecular complexity index is 528. The molecular weight excluding hydrogens is 262 g/mol. The molecule has 1 aromatic rings. The first-order valence-corrected chi connectivity index (χ1v) is 6.22. The van der Waals surface area contributed by atoms with E-state index >= 15 is 0 Å². The van der Waals surface area contributed by atoms with Crippen molar-refractivity contribution in [3.05, 3.63) is 35.9 Å². The summed E-state index contributed by atoms with van der Waals surface area (Å²) in [4.78, 5) is 34.2. The van der Waals surface area contributed by atoms with Gasteiger partial charge in [0, 0.05) is 6.92 Å². The van der Waals surface area contributed by atoms with Crippen LogP contribution in [0.25, 0.3) is 0 Å². The molecule has 1 amide bonds. The minimum atomic E-state index is -0.737. The Labute approximate surface area is 116 Å². The average molecular weight is 277 g/mol. The third kappa shape index (κ3) is 2.96. The molecule has 1 heterocycles. The molecule has 1 aliphatic rings. The number of rotatable bonds is 4. The highest BCUT2D eigenvalue weighted by Crippen LogP contribution is 2.23. The highest BCUT2D eigenvalue weighted by molar-refractivity contribution is 5.90. The molecule has 0 aliphatic carbocycles. The lowest BCUT2D eigenvalue weighted by atomic mass is 9.93. The second-order valence-corrected chi connectivity index (χ2v) is 4.54. The summed E-state index contributed by atoms with van der Waals surface area (Å²) in [5.41, 5.74) is 0.406. The third-order valence-corrected chi connectivity index (χ3v) is 3.01. The van der Waals surface area contributed by atoms with Crippen LogP contribution in [0, 0.1) is 5.92 Å². The van der Waals surface area contributed by atoms with Gasteiger partial charge in [0.2, 0.25) is 5.91 Å². The van der Waals surface area contributed by atoms with Gasteiger partial charge in [-0.25, -0.2) is 4.79 Å². The minimum Gasteiger partial charge on any atom is -0.458 e. The zero-order valence-corrected chi connectivity index (χ0v) is 11.2. The molecule has 6 heteroatoms. The fraction of sp³-hybridized carbons (Fsp3) is 0.357. The molecule has 106 valence electrons. The zero-order valence-electron chi connectivity index (χ0n) is 11.2. The van der Waals surface area contributed by atoms with Gasteiger partial charge in [0.25, 0.3) is 0 Å². The average Bonchev–Trinajstić information content (AvgIpc) is 2.38. The highest BCUT2D eigenvalue weighted by Gasteiger charge is 2.47. The van der Waals surface area contributed by atoms with E-state index in [1.807, 2.05) is 0 Å². The van der Waals surface area contributed by atoms with Crippen molar-refractivity contribution in [3.63, 3.8) is 0 Å². The summed E-state index contributed by atoms with van der Waals surface area (Å²) in [6.45, 7) is 2.85. The van der Waals surface area contributed by atoms with E-state index in [0.29, 0.717) is 5.56 Å². The van der Waals surface area contributed by atoms with Crippen molar-refractivity contribution in [1.82, 2.24) is 5.32 Å². The molecule has 1 saturated heterocycles. The lowest BCUT2D eigenvalue weighted by molar-refractivity contribution is -0.173. The number of esters is 2. The van der Waals surface area contributed by atoms with Crippen molar-refractivity contribution in [3.8, 4) is 0 Å². The summed E-state index contributed by atoms with van der Waals surface area (Å²) in [5, 5.41) is 2.44. The molecule has 0 aromatic heterocycles. The number of ether oxygens (including phenoxy) is 2. The van der Waals surface area contributed by atoms with Crippen molar-refractivity contribution in [2.45, 2.75) is 26.2 Å². The molecule has 1 aliphatic heterocycles. The number of amides is 1. The molecule has 0 saturated carbocycles. The van der Waals surface area contributed by atoms with E-state index in [1.54, 1.807) is 37.3 Å². The maximum atomic E-state index is 11.9. The van der Waals surface area contributed by atoms with Crippen LogP contribution in [0.4, 0.5) is 0 Å². The van der Waals surface area contributed by atoms with Crippen LogP contribution in [0.1, 0.15) is 24.2 Å². The van der Waals surface area contributed by atoms with Gasteiger partial charge in [-0.2, -0.15) is 0 Å². The van der Waals surface area contributed by atoms with E-state index in [-0.39, 0.29) is 5.91 Å². The van der Waals surface area contributed by atoms with Crippen molar-refractivity contribution < 1.29 is 23.9 Å². The maximum Gasteiger partial charge on any atom is 0.338 e. The van der Waals surface area contributed by atoms with Gasteiger partial charge in [0.15, 0.2) is 6.23 Å². The zero-order chi connectivity index (χ0) is 14.7. The van der Waals surface area contributed by atoms with E-state index in [2.05, 4.69) is 5.32 Å². The summed E-state index contributed by atoms with van der Waals surface area (Å²) in [6, 6.07) is 8.48. The van der Waals surface area contributed by atoms with Crippen LogP contribution in [0.5, 0.6) is 0 Å². The fourth-order valence-corrected chi connectivity index (χ4v) is 1.99. The molecule has 0 unspecified atom stereocenters. The Hall–Kier alpha value is -2.37.